The molecule has 0 radical (unpaired) electrons. The molecule has 0 spiro atoms. The van der Waals surface area contributed by atoms with Crippen molar-refractivity contribution in [2.45, 2.75) is 26.2 Å². The van der Waals surface area contributed by atoms with E-state index in [1.165, 1.54) is 16.7 Å². The first-order chi connectivity index (χ1) is 11.4. The van der Waals surface area contributed by atoms with Crippen LogP contribution in [0.25, 0.3) is 22.3 Å². The molecule has 0 fully saturated rings. The third kappa shape index (κ3) is 3.39. The molecule has 3 aromatic carbocycles. The van der Waals surface area contributed by atoms with Crippen LogP contribution in [-0.2, 0) is 5.41 Å². The van der Waals surface area contributed by atoms with Gasteiger partial charge in [0.05, 0.1) is 5.69 Å². The monoisotopic (exact) mass is 379 g/mol. The lowest BCUT2D eigenvalue weighted by Gasteiger charge is -2.22. The maximum Gasteiger partial charge on any atom is 0.0538 e. The topological polar surface area (TPSA) is 26.0 Å². The van der Waals surface area contributed by atoms with Gasteiger partial charge < -0.3 is 5.73 Å². The number of rotatable bonds is 2. The van der Waals surface area contributed by atoms with Crippen LogP contribution in [0.1, 0.15) is 26.3 Å². The van der Waals surface area contributed by atoms with E-state index in [9.17, 15) is 0 Å². The summed E-state index contributed by atoms with van der Waals surface area (Å²) in [7, 11) is 0. The van der Waals surface area contributed by atoms with Crippen molar-refractivity contribution in [3.8, 4) is 22.3 Å². The van der Waals surface area contributed by atoms with Crippen LogP contribution in [0.3, 0.4) is 0 Å². The van der Waals surface area contributed by atoms with Gasteiger partial charge in [0.1, 0.15) is 0 Å². The Kier molecular flexibility index (Phi) is 4.51. The van der Waals surface area contributed by atoms with E-state index in [0.29, 0.717) is 0 Å². The number of nitrogens with two attached hydrogens (primary N) is 1. The van der Waals surface area contributed by atoms with Crippen LogP contribution < -0.4 is 5.73 Å². The molecule has 0 bridgehead atoms. The zero-order valence-corrected chi connectivity index (χ0v) is 15.9. The van der Waals surface area contributed by atoms with Crippen LogP contribution in [0, 0.1) is 0 Å². The van der Waals surface area contributed by atoms with Gasteiger partial charge in [-0.2, -0.15) is 0 Å². The van der Waals surface area contributed by atoms with Crippen LogP contribution in [0.5, 0.6) is 0 Å². The third-order valence-electron chi connectivity index (χ3n) is 4.27. The van der Waals surface area contributed by atoms with Gasteiger partial charge in [-0.1, -0.05) is 75.4 Å². The molecule has 3 aromatic rings. The van der Waals surface area contributed by atoms with Gasteiger partial charge in [0, 0.05) is 10.0 Å². The fraction of sp³-hybridized carbons (Fsp3) is 0.182. The highest BCUT2D eigenvalue weighted by atomic mass is 79.9. The smallest absolute Gasteiger partial charge is 0.0538 e. The van der Waals surface area contributed by atoms with Crippen LogP contribution in [-0.4, -0.2) is 0 Å². The normalized spacial score (nSPS) is 11.5. The van der Waals surface area contributed by atoms with Crippen molar-refractivity contribution in [1.82, 2.24) is 0 Å². The average Bonchev–Trinajstić information content (AvgIpc) is 2.57. The molecular formula is C22H22BrN. The summed E-state index contributed by atoms with van der Waals surface area (Å²) < 4.78 is 0.933. The largest absolute Gasteiger partial charge is 0.397 e. The Bertz CT molecular complexity index is 861. The van der Waals surface area contributed by atoms with E-state index in [2.05, 4.69) is 85.2 Å². The number of halogens is 1. The maximum absolute atomic E-state index is 6.32. The molecule has 122 valence electrons. The van der Waals surface area contributed by atoms with E-state index in [-0.39, 0.29) is 5.41 Å². The predicted octanol–water partition coefficient (Wildman–Crippen LogP) is 6.66. The summed E-state index contributed by atoms with van der Waals surface area (Å²) in [5.74, 6) is 0. The first-order valence-corrected chi connectivity index (χ1v) is 8.91. The number of para-hydroxylation sites is 1. The number of benzene rings is 3. The lowest BCUT2D eigenvalue weighted by atomic mass is 9.83. The average molecular weight is 380 g/mol. The molecule has 0 amide bonds. The molecule has 2 heteroatoms. The number of hydrogen-bond acceptors (Lipinski definition) is 1. The van der Waals surface area contributed by atoms with Crippen LogP contribution in [0.2, 0.25) is 0 Å². The molecular weight excluding hydrogens is 358 g/mol. The maximum atomic E-state index is 6.32. The first-order valence-electron chi connectivity index (χ1n) is 8.11. The van der Waals surface area contributed by atoms with E-state index in [4.69, 9.17) is 5.73 Å². The van der Waals surface area contributed by atoms with Gasteiger partial charge in [-0.3, -0.25) is 0 Å². The molecule has 0 saturated carbocycles. The summed E-state index contributed by atoms with van der Waals surface area (Å²) in [6.45, 7) is 6.72. The van der Waals surface area contributed by atoms with Crippen molar-refractivity contribution in [2.24, 2.45) is 0 Å². The SMILES string of the molecule is CC(C)(C)c1cc(-c2ccccc2)cc(-c2cccc(Br)c2N)c1. The van der Waals surface area contributed by atoms with Crippen molar-refractivity contribution < 1.29 is 0 Å². The van der Waals surface area contributed by atoms with Crippen LogP contribution in [0.15, 0.2) is 71.2 Å². The summed E-state index contributed by atoms with van der Waals surface area (Å²) in [5, 5.41) is 0. The van der Waals surface area contributed by atoms with Crippen molar-refractivity contribution in [2.75, 3.05) is 5.73 Å². The van der Waals surface area contributed by atoms with Crippen LogP contribution >= 0.6 is 15.9 Å². The summed E-state index contributed by atoms with van der Waals surface area (Å²) in [6.07, 6.45) is 0. The quantitative estimate of drug-likeness (QED) is 0.494. The third-order valence-corrected chi connectivity index (χ3v) is 4.96. The van der Waals surface area contributed by atoms with Crippen molar-refractivity contribution in [3.05, 3.63) is 76.8 Å². The molecule has 24 heavy (non-hydrogen) atoms. The van der Waals surface area contributed by atoms with Gasteiger partial charge >= 0.3 is 0 Å². The molecule has 0 atom stereocenters. The summed E-state index contributed by atoms with van der Waals surface area (Å²) in [4.78, 5) is 0. The Balaban J connectivity index is 2.25. The zero-order valence-electron chi connectivity index (χ0n) is 14.3. The molecule has 2 N–H and O–H groups in total. The van der Waals surface area contributed by atoms with E-state index in [0.717, 1.165) is 21.3 Å². The minimum Gasteiger partial charge on any atom is -0.397 e. The second kappa shape index (κ2) is 6.45. The number of hydrogen-bond donors (Lipinski definition) is 1. The summed E-state index contributed by atoms with van der Waals surface area (Å²) in [6, 6.07) is 23.3. The minimum atomic E-state index is 0.0698. The molecule has 0 saturated heterocycles. The highest BCUT2D eigenvalue weighted by Crippen LogP contribution is 2.37. The fourth-order valence-corrected chi connectivity index (χ4v) is 3.17. The molecule has 0 heterocycles. The lowest BCUT2D eigenvalue weighted by molar-refractivity contribution is 0.590. The molecule has 0 aliphatic carbocycles. The highest BCUT2D eigenvalue weighted by molar-refractivity contribution is 9.10. The van der Waals surface area contributed by atoms with Gasteiger partial charge in [-0.05, 0) is 55.7 Å². The van der Waals surface area contributed by atoms with Gasteiger partial charge in [0.15, 0.2) is 0 Å². The molecule has 3 rings (SSSR count). The second-order valence-electron chi connectivity index (χ2n) is 7.12. The second-order valence-corrected chi connectivity index (χ2v) is 7.97. The Hall–Kier alpha value is -2.06. The van der Waals surface area contributed by atoms with Gasteiger partial charge in [-0.15, -0.1) is 0 Å². The van der Waals surface area contributed by atoms with Crippen molar-refractivity contribution >= 4 is 21.6 Å². The Labute approximate surface area is 152 Å². The van der Waals surface area contributed by atoms with Gasteiger partial charge in [0.25, 0.3) is 0 Å². The van der Waals surface area contributed by atoms with E-state index in [1.807, 2.05) is 18.2 Å². The molecule has 1 nitrogen and oxygen atoms in total. The Morgan fingerprint density at radius 3 is 2.08 bits per heavy atom. The number of nitrogen functional groups attached to an aromatic ring is 1. The van der Waals surface area contributed by atoms with Crippen molar-refractivity contribution in [3.63, 3.8) is 0 Å². The first kappa shape index (κ1) is 16.8. The summed E-state index contributed by atoms with van der Waals surface area (Å²) >= 11 is 3.54. The van der Waals surface area contributed by atoms with E-state index >= 15 is 0 Å². The van der Waals surface area contributed by atoms with Gasteiger partial charge in [0.2, 0.25) is 0 Å². The van der Waals surface area contributed by atoms with Crippen molar-refractivity contribution in [1.29, 1.82) is 0 Å². The standard InChI is InChI=1S/C22H22BrN/c1-22(2,3)18-13-16(15-8-5-4-6-9-15)12-17(14-18)19-10-7-11-20(23)21(19)24/h4-14H,24H2,1-3H3. The van der Waals surface area contributed by atoms with E-state index < -0.39 is 0 Å². The molecule has 0 unspecified atom stereocenters. The fourth-order valence-electron chi connectivity index (χ4n) is 2.80. The Morgan fingerprint density at radius 2 is 1.42 bits per heavy atom. The van der Waals surface area contributed by atoms with E-state index in [1.54, 1.807) is 0 Å². The minimum absolute atomic E-state index is 0.0698. The molecule has 0 aromatic heterocycles. The lowest BCUT2D eigenvalue weighted by Crippen LogP contribution is -2.11. The van der Waals surface area contributed by atoms with Crippen LogP contribution in [0.4, 0.5) is 5.69 Å². The highest BCUT2D eigenvalue weighted by Gasteiger charge is 2.17. The zero-order chi connectivity index (χ0) is 17.3. The molecule has 0 aliphatic heterocycles. The number of anilines is 1. The Morgan fingerprint density at radius 1 is 0.750 bits per heavy atom. The molecule has 0 aliphatic rings. The summed E-state index contributed by atoms with van der Waals surface area (Å²) in [5.41, 5.74) is 13.1. The predicted molar refractivity (Wildman–Crippen MR) is 108 cm³/mol. The van der Waals surface area contributed by atoms with Gasteiger partial charge in [-0.25, -0.2) is 0 Å².